The zero-order chi connectivity index (χ0) is 20.0. The molecule has 0 radical (unpaired) electrons. The summed E-state index contributed by atoms with van der Waals surface area (Å²) in [5, 5.41) is 2.80. The number of para-hydroxylation sites is 1. The maximum atomic E-state index is 12.5. The van der Waals surface area contributed by atoms with E-state index in [-0.39, 0.29) is 12.6 Å². The highest BCUT2D eigenvalue weighted by Crippen LogP contribution is 2.23. The van der Waals surface area contributed by atoms with Gasteiger partial charge in [0.25, 0.3) is 0 Å². The number of amides is 1. The molecule has 0 saturated carbocycles. The summed E-state index contributed by atoms with van der Waals surface area (Å²) in [6.07, 6.45) is 1.87. The van der Waals surface area contributed by atoms with Crippen molar-refractivity contribution in [2.45, 2.75) is 33.3 Å². The molecule has 2 rings (SSSR count). The number of hydrogen-bond donors (Lipinski definition) is 1. The number of carbonyl (C=O) groups is 1. The number of hydrogen-bond acceptors (Lipinski definition) is 4. The van der Waals surface area contributed by atoms with Crippen LogP contribution in [0.25, 0.3) is 0 Å². The van der Waals surface area contributed by atoms with Gasteiger partial charge in [0, 0.05) is 5.69 Å². The number of nitrogens with one attached hydrogen (secondary N) is 1. The summed E-state index contributed by atoms with van der Waals surface area (Å²) in [6, 6.07) is 14.1. The highest BCUT2D eigenvalue weighted by atomic mass is 32.2. The summed E-state index contributed by atoms with van der Waals surface area (Å²) >= 11 is 0. The van der Waals surface area contributed by atoms with Crippen molar-refractivity contribution < 1.29 is 17.9 Å². The van der Waals surface area contributed by atoms with Gasteiger partial charge in [-0.1, -0.05) is 25.1 Å². The molecule has 146 valence electrons. The van der Waals surface area contributed by atoms with Gasteiger partial charge in [-0.3, -0.25) is 9.10 Å². The first-order chi connectivity index (χ1) is 12.7. The van der Waals surface area contributed by atoms with Gasteiger partial charge < -0.3 is 10.1 Å². The Morgan fingerprint density at radius 2 is 1.74 bits per heavy atom. The maximum absolute atomic E-state index is 12.5. The van der Waals surface area contributed by atoms with Gasteiger partial charge in [-0.2, -0.15) is 0 Å². The van der Waals surface area contributed by atoms with Crippen molar-refractivity contribution in [3.8, 4) is 5.75 Å². The van der Waals surface area contributed by atoms with Crippen molar-refractivity contribution in [3.63, 3.8) is 0 Å². The van der Waals surface area contributed by atoms with Crippen molar-refractivity contribution >= 4 is 27.3 Å². The highest BCUT2D eigenvalue weighted by molar-refractivity contribution is 7.92. The van der Waals surface area contributed by atoms with Crippen molar-refractivity contribution in [1.29, 1.82) is 0 Å². The summed E-state index contributed by atoms with van der Waals surface area (Å²) < 4.78 is 31.1. The molecule has 0 atom stereocenters. The Labute approximate surface area is 161 Å². The highest BCUT2D eigenvalue weighted by Gasteiger charge is 2.21. The molecule has 2 aromatic carbocycles. The Morgan fingerprint density at radius 1 is 1.11 bits per heavy atom. The summed E-state index contributed by atoms with van der Waals surface area (Å²) in [6.45, 7) is 5.51. The molecule has 0 saturated heterocycles. The SMILES string of the molecule is CCc1ccccc1NC(=O)CN(c1ccc(OC(C)C)cc1)S(C)(=O)=O. The fraction of sp³-hybridized carbons (Fsp3) is 0.350. The summed E-state index contributed by atoms with van der Waals surface area (Å²) in [7, 11) is -3.63. The van der Waals surface area contributed by atoms with Crippen molar-refractivity contribution in [2.75, 3.05) is 22.4 Å². The van der Waals surface area contributed by atoms with Crippen molar-refractivity contribution in [1.82, 2.24) is 0 Å². The van der Waals surface area contributed by atoms with Gasteiger partial charge in [0.1, 0.15) is 12.3 Å². The average Bonchev–Trinajstić information content (AvgIpc) is 2.59. The molecule has 0 aliphatic carbocycles. The molecule has 6 nitrogen and oxygen atoms in total. The topological polar surface area (TPSA) is 75.7 Å². The van der Waals surface area contributed by atoms with Crippen LogP contribution >= 0.6 is 0 Å². The second-order valence-corrected chi connectivity index (χ2v) is 8.40. The molecule has 1 N–H and O–H groups in total. The summed E-state index contributed by atoms with van der Waals surface area (Å²) in [4.78, 5) is 12.5. The second kappa shape index (κ2) is 8.90. The van der Waals surface area contributed by atoms with Crippen LogP contribution in [0.2, 0.25) is 0 Å². The number of benzene rings is 2. The number of ether oxygens (including phenoxy) is 1. The molecule has 0 spiro atoms. The van der Waals surface area contributed by atoms with E-state index in [1.807, 2.05) is 39.0 Å². The number of nitrogens with zero attached hydrogens (tertiary/aromatic N) is 1. The van der Waals surface area contributed by atoms with E-state index < -0.39 is 15.9 Å². The Balaban J connectivity index is 2.18. The van der Waals surface area contributed by atoms with Crippen LogP contribution in [0.4, 0.5) is 11.4 Å². The van der Waals surface area contributed by atoms with Gasteiger partial charge in [0.15, 0.2) is 0 Å². The predicted molar refractivity (Wildman–Crippen MR) is 109 cm³/mol. The molecule has 0 fully saturated rings. The number of aryl methyl sites for hydroxylation is 1. The molecule has 0 aliphatic heterocycles. The van der Waals surface area contributed by atoms with E-state index >= 15 is 0 Å². The van der Waals surface area contributed by atoms with Crippen LogP contribution in [0.5, 0.6) is 5.75 Å². The molecule has 1 amide bonds. The van der Waals surface area contributed by atoms with E-state index in [9.17, 15) is 13.2 Å². The van der Waals surface area contributed by atoms with Crippen molar-refractivity contribution in [2.24, 2.45) is 0 Å². The quantitative estimate of drug-likeness (QED) is 0.749. The third-order valence-corrected chi connectivity index (χ3v) is 5.00. The summed E-state index contributed by atoms with van der Waals surface area (Å²) in [5.74, 6) is 0.243. The van der Waals surface area contributed by atoms with Crippen molar-refractivity contribution in [3.05, 3.63) is 54.1 Å². The molecule has 0 aliphatic rings. The molecule has 27 heavy (non-hydrogen) atoms. The lowest BCUT2D eigenvalue weighted by Crippen LogP contribution is -2.37. The zero-order valence-electron chi connectivity index (χ0n) is 16.1. The number of sulfonamides is 1. The van der Waals surface area contributed by atoms with Crippen LogP contribution in [0.1, 0.15) is 26.3 Å². The van der Waals surface area contributed by atoms with Gasteiger partial charge in [-0.15, -0.1) is 0 Å². The minimum absolute atomic E-state index is 0.0197. The lowest BCUT2D eigenvalue weighted by Gasteiger charge is -2.22. The first kappa shape index (κ1) is 20.8. The normalized spacial score (nSPS) is 11.3. The summed E-state index contributed by atoms with van der Waals surface area (Å²) in [5.41, 5.74) is 2.10. The molecule has 7 heteroatoms. The van der Waals surface area contributed by atoms with Gasteiger partial charge in [0.2, 0.25) is 15.9 Å². The number of anilines is 2. The van der Waals surface area contributed by atoms with Crippen LogP contribution in [0, 0.1) is 0 Å². The van der Waals surface area contributed by atoms with Crippen LogP contribution < -0.4 is 14.4 Å². The van der Waals surface area contributed by atoms with Crippen LogP contribution in [0.15, 0.2) is 48.5 Å². The Bertz CT molecular complexity index is 877. The van der Waals surface area contributed by atoms with Crippen LogP contribution in [0.3, 0.4) is 0 Å². The van der Waals surface area contributed by atoms with Gasteiger partial charge >= 0.3 is 0 Å². The average molecular weight is 391 g/mol. The van der Waals surface area contributed by atoms with E-state index in [0.29, 0.717) is 17.1 Å². The van der Waals surface area contributed by atoms with Gasteiger partial charge in [0.05, 0.1) is 18.0 Å². The first-order valence-electron chi connectivity index (χ1n) is 8.83. The lowest BCUT2D eigenvalue weighted by molar-refractivity contribution is -0.114. The van der Waals surface area contributed by atoms with E-state index in [0.717, 1.165) is 22.5 Å². The molecular formula is C20H26N2O4S. The molecule has 0 aromatic heterocycles. The predicted octanol–water partition coefficient (Wildman–Crippen LogP) is 3.44. The molecule has 2 aromatic rings. The largest absolute Gasteiger partial charge is 0.491 e. The van der Waals surface area contributed by atoms with E-state index in [2.05, 4.69) is 5.32 Å². The lowest BCUT2D eigenvalue weighted by atomic mass is 10.1. The van der Waals surface area contributed by atoms with E-state index in [1.165, 1.54) is 0 Å². The fourth-order valence-corrected chi connectivity index (χ4v) is 3.49. The monoisotopic (exact) mass is 390 g/mol. The number of rotatable bonds is 8. The maximum Gasteiger partial charge on any atom is 0.245 e. The zero-order valence-corrected chi connectivity index (χ0v) is 16.9. The Kier molecular flexibility index (Phi) is 6.85. The van der Waals surface area contributed by atoms with Crippen LogP contribution in [-0.2, 0) is 21.2 Å². The molecule has 0 bridgehead atoms. The number of carbonyl (C=O) groups excluding carboxylic acids is 1. The van der Waals surface area contributed by atoms with Gasteiger partial charge in [-0.05, 0) is 56.2 Å². The molecular weight excluding hydrogens is 364 g/mol. The Hall–Kier alpha value is -2.54. The standard InChI is InChI=1S/C20H26N2O4S/c1-5-16-8-6-7-9-19(16)21-20(23)14-22(27(4,24)25)17-10-12-18(13-11-17)26-15(2)3/h6-13,15H,5,14H2,1-4H3,(H,21,23). The van der Waals surface area contributed by atoms with E-state index in [1.54, 1.807) is 30.3 Å². The third-order valence-electron chi connectivity index (χ3n) is 3.86. The smallest absolute Gasteiger partial charge is 0.245 e. The fourth-order valence-electron chi connectivity index (χ4n) is 2.63. The molecule has 0 heterocycles. The molecule has 0 unspecified atom stereocenters. The van der Waals surface area contributed by atoms with E-state index in [4.69, 9.17) is 4.74 Å². The third kappa shape index (κ3) is 5.99. The Morgan fingerprint density at radius 3 is 2.30 bits per heavy atom. The minimum atomic E-state index is -3.63. The first-order valence-corrected chi connectivity index (χ1v) is 10.7. The minimum Gasteiger partial charge on any atom is -0.491 e. The van der Waals surface area contributed by atoms with Crippen LogP contribution in [-0.4, -0.2) is 33.2 Å². The van der Waals surface area contributed by atoms with Gasteiger partial charge in [-0.25, -0.2) is 8.42 Å². The second-order valence-electron chi connectivity index (χ2n) is 6.49.